The van der Waals surface area contributed by atoms with Crippen LogP contribution in [0.4, 0.5) is 5.69 Å². The number of ether oxygens (including phenoxy) is 1. The zero-order chi connectivity index (χ0) is 13.1. The Morgan fingerprint density at radius 1 is 1.39 bits per heavy atom. The molecule has 1 aromatic heterocycles. The molecule has 0 aliphatic heterocycles. The Kier molecular flexibility index (Phi) is 3.97. The van der Waals surface area contributed by atoms with Crippen LogP contribution in [0.5, 0.6) is 5.75 Å². The van der Waals surface area contributed by atoms with E-state index in [-0.39, 0.29) is 6.04 Å². The first-order valence-corrected chi connectivity index (χ1v) is 6.55. The molecule has 96 valence electrons. The minimum atomic E-state index is 0.0915. The van der Waals surface area contributed by atoms with Gasteiger partial charge in [-0.1, -0.05) is 15.9 Å². The number of rotatable bonds is 4. The fraction of sp³-hybridized carbons (Fsp3) is 0.286. The average molecular weight is 310 g/mol. The molecule has 4 heteroatoms. The Morgan fingerprint density at radius 3 is 2.78 bits per heavy atom. The van der Waals surface area contributed by atoms with Gasteiger partial charge in [-0.25, -0.2) is 0 Å². The molecule has 1 unspecified atom stereocenters. The third kappa shape index (κ3) is 2.70. The highest BCUT2D eigenvalue weighted by molar-refractivity contribution is 9.10. The van der Waals surface area contributed by atoms with Gasteiger partial charge in [-0.2, -0.15) is 0 Å². The lowest BCUT2D eigenvalue weighted by molar-refractivity contribution is 0.414. The molecule has 2 aromatic rings. The van der Waals surface area contributed by atoms with E-state index in [9.17, 15) is 0 Å². The van der Waals surface area contributed by atoms with Crippen LogP contribution in [0.25, 0.3) is 0 Å². The van der Waals surface area contributed by atoms with E-state index < -0.39 is 0 Å². The van der Waals surface area contributed by atoms with E-state index in [1.54, 1.807) is 13.4 Å². The number of halogens is 1. The zero-order valence-electron chi connectivity index (χ0n) is 10.7. The molecule has 1 heterocycles. The molecule has 0 fully saturated rings. The standard InChI is InChI=1S/C14H16BrNO2/c1-9-7-11(15)8-13(17-3)14(9)16-10(2)12-5-4-6-18-12/h4-8,10,16H,1-3H3. The molecule has 1 N–H and O–H groups in total. The van der Waals surface area contributed by atoms with Gasteiger partial charge in [-0.3, -0.25) is 0 Å². The smallest absolute Gasteiger partial charge is 0.143 e. The highest BCUT2D eigenvalue weighted by Gasteiger charge is 2.13. The van der Waals surface area contributed by atoms with E-state index in [4.69, 9.17) is 9.15 Å². The van der Waals surface area contributed by atoms with Crippen LogP contribution in [-0.4, -0.2) is 7.11 Å². The van der Waals surface area contributed by atoms with Crippen molar-refractivity contribution in [2.24, 2.45) is 0 Å². The fourth-order valence-corrected chi connectivity index (χ4v) is 2.43. The van der Waals surface area contributed by atoms with Crippen molar-refractivity contribution in [1.29, 1.82) is 0 Å². The second-order valence-electron chi connectivity index (χ2n) is 4.18. The summed E-state index contributed by atoms with van der Waals surface area (Å²) in [7, 11) is 1.67. The molecule has 0 amide bonds. The SMILES string of the molecule is COc1cc(Br)cc(C)c1NC(C)c1ccco1. The molecule has 0 bridgehead atoms. The molecular weight excluding hydrogens is 294 g/mol. The molecule has 0 saturated carbocycles. The van der Waals surface area contributed by atoms with E-state index in [2.05, 4.69) is 34.2 Å². The third-order valence-corrected chi connectivity index (χ3v) is 3.27. The summed E-state index contributed by atoms with van der Waals surface area (Å²) in [4.78, 5) is 0. The van der Waals surface area contributed by atoms with Gasteiger partial charge in [0, 0.05) is 4.47 Å². The summed E-state index contributed by atoms with van der Waals surface area (Å²) >= 11 is 3.47. The number of hydrogen-bond donors (Lipinski definition) is 1. The molecule has 0 radical (unpaired) electrons. The second-order valence-corrected chi connectivity index (χ2v) is 5.10. The summed E-state index contributed by atoms with van der Waals surface area (Å²) in [5.41, 5.74) is 2.12. The van der Waals surface area contributed by atoms with Crippen LogP contribution in [0.3, 0.4) is 0 Å². The van der Waals surface area contributed by atoms with Crippen molar-refractivity contribution in [3.63, 3.8) is 0 Å². The number of methoxy groups -OCH3 is 1. The van der Waals surface area contributed by atoms with Gasteiger partial charge in [0.1, 0.15) is 11.5 Å². The molecule has 0 aliphatic rings. The normalized spacial score (nSPS) is 12.2. The second kappa shape index (κ2) is 5.48. The Hall–Kier alpha value is -1.42. The lowest BCUT2D eigenvalue weighted by Gasteiger charge is -2.18. The number of aryl methyl sites for hydroxylation is 1. The summed E-state index contributed by atoms with van der Waals surface area (Å²) in [5.74, 6) is 1.72. The van der Waals surface area contributed by atoms with Gasteiger partial charge in [-0.05, 0) is 43.7 Å². The van der Waals surface area contributed by atoms with Crippen LogP contribution in [-0.2, 0) is 0 Å². The van der Waals surface area contributed by atoms with Gasteiger partial charge in [0.05, 0.1) is 25.1 Å². The molecule has 0 spiro atoms. The monoisotopic (exact) mass is 309 g/mol. The number of nitrogens with one attached hydrogen (secondary N) is 1. The first kappa shape index (κ1) is 13.0. The van der Waals surface area contributed by atoms with Crippen LogP contribution < -0.4 is 10.1 Å². The van der Waals surface area contributed by atoms with Crippen molar-refractivity contribution in [2.45, 2.75) is 19.9 Å². The Labute approximate surface area is 115 Å². The quantitative estimate of drug-likeness (QED) is 0.901. The summed E-state index contributed by atoms with van der Waals surface area (Å²) in [6, 6.07) is 7.94. The maximum Gasteiger partial charge on any atom is 0.143 e. The molecule has 0 saturated heterocycles. The van der Waals surface area contributed by atoms with Crippen molar-refractivity contribution in [2.75, 3.05) is 12.4 Å². The minimum absolute atomic E-state index is 0.0915. The Balaban J connectivity index is 2.28. The Bertz CT molecular complexity index is 523. The van der Waals surface area contributed by atoms with Crippen molar-refractivity contribution < 1.29 is 9.15 Å². The van der Waals surface area contributed by atoms with Crippen molar-refractivity contribution >= 4 is 21.6 Å². The minimum Gasteiger partial charge on any atom is -0.495 e. The van der Waals surface area contributed by atoms with Gasteiger partial charge < -0.3 is 14.5 Å². The summed E-state index contributed by atoms with van der Waals surface area (Å²) < 4.78 is 11.8. The molecule has 2 rings (SSSR count). The van der Waals surface area contributed by atoms with Crippen LogP contribution in [0.1, 0.15) is 24.3 Å². The van der Waals surface area contributed by atoms with Crippen molar-refractivity contribution in [3.8, 4) is 5.75 Å². The Morgan fingerprint density at radius 2 is 2.17 bits per heavy atom. The van der Waals surface area contributed by atoms with Crippen LogP contribution in [0.2, 0.25) is 0 Å². The van der Waals surface area contributed by atoms with Crippen molar-refractivity contribution in [1.82, 2.24) is 0 Å². The molecule has 0 aliphatic carbocycles. The number of anilines is 1. The van der Waals surface area contributed by atoms with E-state index in [1.165, 1.54) is 0 Å². The predicted octanol–water partition coefficient (Wildman–Crippen LogP) is 4.53. The highest BCUT2D eigenvalue weighted by atomic mass is 79.9. The average Bonchev–Trinajstić information content (AvgIpc) is 2.85. The maximum absolute atomic E-state index is 5.40. The summed E-state index contributed by atoms with van der Waals surface area (Å²) in [6.07, 6.45) is 1.68. The maximum atomic E-state index is 5.40. The number of benzene rings is 1. The first-order valence-electron chi connectivity index (χ1n) is 5.76. The van der Waals surface area contributed by atoms with Gasteiger partial charge in [0.15, 0.2) is 0 Å². The van der Waals surface area contributed by atoms with Gasteiger partial charge in [-0.15, -0.1) is 0 Å². The molecule has 1 aromatic carbocycles. The van der Waals surface area contributed by atoms with Crippen LogP contribution >= 0.6 is 15.9 Å². The lowest BCUT2D eigenvalue weighted by Crippen LogP contribution is -2.08. The summed E-state index contributed by atoms with van der Waals surface area (Å²) in [5, 5.41) is 3.42. The van der Waals surface area contributed by atoms with Gasteiger partial charge in [0.25, 0.3) is 0 Å². The van der Waals surface area contributed by atoms with E-state index in [0.717, 1.165) is 27.2 Å². The fourth-order valence-electron chi connectivity index (χ4n) is 1.88. The van der Waals surface area contributed by atoms with Gasteiger partial charge in [0.2, 0.25) is 0 Å². The van der Waals surface area contributed by atoms with E-state index >= 15 is 0 Å². The first-order chi connectivity index (χ1) is 8.61. The molecule has 1 atom stereocenters. The highest BCUT2D eigenvalue weighted by Crippen LogP contribution is 2.34. The third-order valence-electron chi connectivity index (χ3n) is 2.81. The zero-order valence-corrected chi connectivity index (χ0v) is 12.2. The molecular formula is C14H16BrNO2. The van der Waals surface area contributed by atoms with Gasteiger partial charge >= 0.3 is 0 Å². The molecule has 3 nitrogen and oxygen atoms in total. The molecule has 18 heavy (non-hydrogen) atoms. The van der Waals surface area contributed by atoms with Crippen LogP contribution in [0.15, 0.2) is 39.4 Å². The number of hydrogen-bond acceptors (Lipinski definition) is 3. The summed E-state index contributed by atoms with van der Waals surface area (Å²) in [6.45, 7) is 4.10. The number of furan rings is 1. The largest absolute Gasteiger partial charge is 0.495 e. The van der Waals surface area contributed by atoms with Crippen LogP contribution in [0, 0.1) is 6.92 Å². The lowest BCUT2D eigenvalue weighted by atomic mass is 10.1. The van der Waals surface area contributed by atoms with E-state index in [1.807, 2.05) is 25.1 Å². The van der Waals surface area contributed by atoms with Crippen molar-refractivity contribution in [3.05, 3.63) is 46.3 Å². The van der Waals surface area contributed by atoms with E-state index in [0.29, 0.717) is 0 Å². The predicted molar refractivity (Wildman–Crippen MR) is 76.2 cm³/mol. The topological polar surface area (TPSA) is 34.4 Å².